The van der Waals surface area contributed by atoms with E-state index >= 15 is 0 Å². The first kappa shape index (κ1) is 40.2. The van der Waals surface area contributed by atoms with Crippen molar-refractivity contribution in [2.24, 2.45) is 0 Å². The lowest BCUT2D eigenvalue weighted by molar-refractivity contribution is -0.117. The number of hydrogen-bond acceptors (Lipinski definition) is 11. The number of nitrogens with one attached hydrogen (secondary N) is 3. The standard InChI is InChI=1S/C17H20N6O7S.C14H20ClNO2/c1-23(2)15(25)11-6-5-10(18-9-24)7-12(11)31(27,28)22-17(26)21-16-19-13(29-3)8-14(20-16)30-4;1-4-12-8-6-7-11(3)14(12)16(10-18-5-2)13(17)9-15/h5-9H,1-4H3,(H,18,24)(H2,19,20,21,22,26);6-8H,4-5,9-10H2,1-3H3. The highest BCUT2D eigenvalue weighted by atomic mass is 35.5. The van der Waals surface area contributed by atoms with Crippen LogP contribution in [-0.2, 0) is 30.8 Å². The van der Waals surface area contributed by atoms with Crippen LogP contribution in [0.3, 0.4) is 0 Å². The lowest BCUT2D eigenvalue weighted by Crippen LogP contribution is -2.36. The number of rotatable bonds is 14. The van der Waals surface area contributed by atoms with Crippen molar-refractivity contribution in [2.45, 2.75) is 32.1 Å². The normalized spacial score (nSPS) is 10.5. The number of amides is 5. The summed E-state index contributed by atoms with van der Waals surface area (Å²) in [5, 5.41) is 4.44. The minimum absolute atomic E-state index is 0.0371. The number of aryl methyl sites for hydroxylation is 2. The number of anilines is 3. The van der Waals surface area contributed by atoms with Gasteiger partial charge in [0.2, 0.25) is 30.0 Å². The second kappa shape index (κ2) is 19.1. The van der Waals surface area contributed by atoms with E-state index in [1.165, 1.54) is 46.5 Å². The van der Waals surface area contributed by atoms with Gasteiger partial charge >= 0.3 is 6.03 Å². The lowest BCUT2D eigenvalue weighted by Gasteiger charge is -2.25. The average Bonchev–Trinajstić information content (AvgIpc) is 3.08. The molecule has 0 aliphatic rings. The Kier molecular flexibility index (Phi) is 15.7. The zero-order chi connectivity index (χ0) is 36.7. The van der Waals surface area contributed by atoms with Crippen molar-refractivity contribution in [3.05, 3.63) is 59.2 Å². The third-order valence-corrected chi connectivity index (χ3v) is 8.09. The third kappa shape index (κ3) is 11.3. The summed E-state index contributed by atoms with van der Waals surface area (Å²) >= 11 is 5.68. The molecule has 1 aromatic heterocycles. The molecule has 3 rings (SSSR count). The van der Waals surface area contributed by atoms with Crippen LogP contribution in [0.5, 0.6) is 11.8 Å². The van der Waals surface area contributed by atoms with Crippen LogP contribution < -0.4 is 29.7 Å². The Morgan fingerprint density at radius 3 is 2.18 bits per heavy atom. The predicted molar refractivity (Wildman–Crippen MR) is 184 cm³/mol. The smallest absolute Gasteiger partial charge is 0.335 e. The number of sulfonamides is 1. The van der Waals surface area contributed by atoms with Crippen LogP contribution in [0, 0.1) is 6.92 Å². The van der Waals surface area contributed by atoms with E-state index in [-0.39, 0.29) is 47.5 Å². The Bertz CT molecular complexity index is 1720. The van der Waals surface area contributed by atoms with Gasteiger partial charge in [-0.3, -0.25) is 24.6 Å². The number of nitrogens with zero attached hydrogens (tertiary/aromatic N) is 4. The van der Waals surface area contributed by atoms with Crippen LogP contribution >= 0.6 is 11.6 Å². The van der Waals surface area contributed by atoms with Crippen molar-refractivity contribution >= 4 is 63.2 Å². The number of carbonyl (C=O) groups excluding carboxylic acids is 4. The summed E-state index contributed by atoms with van der Waals surface area (Å²) in [6.45, 7) is 6.79. The maximum absolute atomic E-state index is 12.8. The van der Waals surface area contributed by atoms with Gasteiger partial charge in [0.25, 0.3) is 15.9 Å². The SMILES string of the molecule is CCOCN(C(=O)CCl)c1c(C)cccc1CC.COc1cc(OC)nc(NC(=O)NS(=O)(=O)c2cc(NC=O)ccc2C(=O)N(C)C)n1. The van der Waals surface area contributed by atoms with Crippen molar-refractivity contribution in [3.63, 3.8) is 0 Å². The molecule has 18 heteroatoms. The summed E-state index contributed by atoms with van der Waals surface area (Å²) in [6, 6.07) is 9.79. The summed E-state index contributed by atoms with van der Waals surface area (Å²) in [5.41, 5.74) is 3.02. The van der Waals surface area contributed by atoms with Gasteiger partial charge < -0.3 is 24.4 Å². The molecule has 0 aliphatic heterocycles. The molecule has 0 saturated heterocycles. The zero-order valence-electron chi connectivity index (χ0n) is 28.2. The Labute approximate surface area is 290 Å². The van der Waals surface area contributed by atoms with Crippen LogP contribution in [0.25, 0.3) is 0 Å². The monoisotopic (exact) mass is 721 g/mol. The van der Waals surface area contributed by atoms with Crippen LogP contribution in [0.15, 0.2) is 47.4 Å². The molecule has 0 saturated carbocycles. The number of benzene rings is 2. The van der Waals surface area contributed by atoms with E-state index in [1.807, 2.05) is 32.0 Å². The topological polar surface area (TPSA) is 198 Å². The Morgan fingerprint density at radius 2 is 1.65 bits per heavy atom. The van der Waals surface area contributed by atoms with Crippen molar-refractivity contribution in [1.29, 1.82) is 0 Å². The van der Waals surface area contributed by atoms with E-state index in [4.69, 9.17) is 25.8 Å². The number of aromatic nitrogens is 2. The molecule has 0 bridgehead atoms. The molecule has 0 aliphatic carbocycles. The van der Waals surface area contributed by atoms with Gasteiger partial charge in [-0.25, -0.2) is 17.9 Å². The maximum atomic E-state index is 12.8. The number of alkyl halides is 1. The molecule has 5 amide bonds. The van der Waals surface area contributed by atoms with Gasteiger partial charge in [-0.05, 0) is 49.6 Å². The molecule has 0 spiro atoms. The van der Waals surface area contributed by atoms with Gasteiger partial charge in [0.15, 0.2) is 0 Å². The van der Waals surface area contributed by atoms with Crippen LogP contribution in [0.2, 0.25) is 0 Å². The van der Waals surface area contributed by atoms with E-state index < -0.39 is 26.9 Å². The number of para-hydroxylation sites is 1. The fourth-order valence-electron chi connectivity index (χ4n) is 4.20. The first-order chi connectivity index (χ1) is 23.3. The largest absolute Gasteiger partial charge is 0.481 e. The molecule has 3 N–H and O–H groups in total. The van der Waals surface area contributed by atoms with Gasteiger partial charge in [0.05, 0.1) is 31.5 Å². The van der Waals surface area contributed by atoms with Crippen LogP contribution in [0.1, 0.15) is 35.3 Å². The first-order valence-electron chi connectivity index (χ1n) is 14.7. The zero-order valence-corrected chi connectivity index (χ0v) is 29.8. The highest BCUT2D eigenvalue weighted by Gasteiger charge is 2.26. The van der Waals surface area contributed by atoms with Crippen molar-refractivity contribution in [3.8, 4) is 11.8 Å². The van der Waals surface area contributed by atoms with E-state index in [0.29, 0.717) is 13.0 Å². The molecule has 2 aromatic carbocycles. The van der Waals surface area contributed by atoms with Gasteiger partial charge in [-0.2, -0.15) is 9.97 Å². The molecular formula is C31H40ClN7O9S. The number of urea groups is 1. The average molecular weight is 722 g/mol. The fourth-order valence-corrected chi connectivity index (χ4v) is 5.48. The third-order valence-electron chi connectivity index (χ3n) is 6.50. The van der Waals surface area contributed by atoms with Gasteiger partial charge in [-0.15, -0.1) is 11.6 Å². The summed E-state index contributed by atoms with van der Waals surface area (Å²) in [7, 11) is 0.991. The molecule has 0 unspecified atom stereocenters. The quantitative estimate of drug-likeness (QED) is 0.125. The Hall–Kier alpha value is -5.00. The number of ether oxygens (including phenoxy) is 3. The molecule has 3 aromatic rings. The van der Waals surface area contributed by atoms with E-state index in [9.17, 15) is 27.6 Å². The van der Waals surface area contributed by atoms with E-state index in [0.717, 1.165) is 34.2 Å². The second-order valence-corrected chi connectivity index (χ2v) is 11.9. The lowest BCUT2D eigenvalue weighted by atomic mass is 10.0. The van der Waals surface area contributed by atoms with Crippen molar-refractivity contribution < 1.29 is 41.8 Å². The van der Waals surface area contributed by atoms with E-state index in [1.54, 1.807) is 9.62 Å². The van der Waals surface area contributed by atoms with E-state index in [2.05, 4.69) is 27.5 Å². The highest BCUT2D eigenvalue weighted by Crippen LogP contribution is 2.26. The van der Waals surface area contributed by atoms with Gasteiger partial charge in [-0.1, -0.05) is 25.1 Å². The summed E-state index contributed by atoms with van der Waals surface area (Å²) < 4.78 is 42.7. The maximum Gasteiger partial charge on any atom is 0.335 e. The number of carbonyl (C=O) groups is 4. The summed E-state index contributed by atoms with van der Waals surface area (Å²) in [6.07, 6.45) is 1.21. The minimum Gasteiger partial charge on any atom is -0.481 e. The molecule has 0 fully saturated rings. The first-order valence-corrected chi connectivity index (χ1v) is 16.7. The Morgan fingerprint density at radius 1 is 1.00 bits per heavy atom. The molecule has 49 heavy (non-hydrogen) atoms. The molecule has 0 radical (unpaired) electrons. The number of methoxy groups -OCH3 is 2. The number of halogens is 1. The van der Waals surface area contributed by atoms with Crippen LogP contribution in [-0.4, -0.2) is 95.1 Å². The summed E-state index contributed by atoms with van der Waals surface area (Å²) in [5.74, 6) is -0.948. The van der Waals surface area contributed by atoms with Gasteiger partial charge in [0, 0.05) is 26.4 Å². The molecular weight excluding hydrogens is 682 g/mol. The molecule has 16 nitrogen and oxygen atoms in total. The van der Waals surface area contributed by atoms with Crippen molar-refractivity contribution in [1.82, 2.24) is 19.6 Å². The van der Waals surface area contributed by atoms with Crippen LogP contribution in [0.4, 0.5) is 22.1 Å². The van der Waals surface area contributed by atoms with Crippen molar-refractivity contribution in [2.75, 3.05) is 63.1 Å². The van der Waals surface area contributed by atoms with Gasteiger partial charge in [0.1, 0.15) is 17.5 Å². The minimum atomic E-state index is -4.54. The second-order valence-electron chi connectivity index (χ2n) is 10.0. The highest BCUT2D eigenvalue weighted by molar-refractivity contribution is 7.90. The predicted octanol–water partition coefficient (Wildman–Crippen LogP) is 3.40. The molecule has 1 heterocycles. The fraction of sp³-hybridized carbons (Fsp3) is 0.355. The number of hydrogen-bond donors (Lipinski definition) is 3. The molecule has 0 atom stereocenters. The molecule has 266 valence electrons. The summed E-state index contributed by atoms with van der Waals surface area (Å²) in [4.78, 5) is 57.3. The Balaban J connectivity index is 0.000000393.